The van der Waals surface area contributed by atoms with E-state index in [9.17, 15) is 18.0 Å². The second-order valence-electron chi connectivity index (χ2n) is 5.10. The van der Waals surface area contributed by atoms with Crippen LogP contribution in [0.25, 0.3) is 0 Å². The summed E-state index contributed by atoms with van der Waals surface area (Å²) in [5, 5.41) is 0.373. The highest BCUT2D eigenvalue weighted by molar-refractivity contribution is 6.34. The zero-order chi connectivity index (χ0) is 15.6. The van der Waals surface area contributed by atoms with Gasteiger partial charge < -0.3 is 4.90 Å². The molecule has 1 aromatic carbocycles. The third kappa shape index (κ3) is 4.35. The lowest BCUT2D eigenvalue weighted by Gasteiger charge is -2.36. The van der Waals surface area contributed by atoms with Crippen LogP contribution < -0.4 is 4.90 Å². The Hall–Kier alpha value is -1.27. The van der Waals surface area contributed by atoms with Crippen molar-refractivity contribution in [3.8, 4) is 0 Å². The molecule has 0 radical (unpaired) electrons. The minimum absolute atomic E-state index is 0.110. The van der Waals surface area contributed by atoms with Crippen molar-refractivity contribution in [2.75, 3.05) is 37.6 Å². The van der Waals surface area contributed by atoms with Crippen LogP contribution in [0.1, 0.15) is 17.3 Å². The van der Waals surface area contributed by atoms with Gasteiger partial charge in [-0.1, -0.05) is 11.6 Å². The highest BCUT2D eigenvalue weighted by Gasteiger charge is 2.32. The lowest BCUT2D eigenvalue weighted by Crippen LogP contribution is -2.49. The fourth-order valence-electron chi connectivity index (χ4n) is 2.40. The van der Waals surface area contributed by atoms with Crippen LogP contribution in [0.2, 0.25) is 5.02 Å². The van der Waals surface area contributed by atoms with Crippen molar-refractivity contribution in [2.24, 2.45) is 0 Å². The molecule has 1 heterocycles. The van der Waals surface area contributed by atoms with E-state index >= 15 is 0 Å². The average Bonchev–Trinajstić information content (AvgIpc) is 2.37. The lowest BCUT2D eigenvalue weighted by atomic mass is 10.1. The SMILES string of the molecule is CC(=O)c1ccc(N2CCN(CC(F)(F)F)CC2)cc1Cl. The van der Waals surface area contributed by atoms with Crippen molar-refractivity contribution < 1.29 is 18.0 Å². The van der Waals surface area contributed by atoms with Crippen molar-refractivity contribution >= 4 is 23.1 Å². The molecule has 21 heavy (non-hydrogen) atoms. The Morgan fingerprint density at radius 3 is 2.33 bits per heavy atom. The fraction of sp³-hybridized carbons (Fsp3) is 0.500. The normalized spacial score (nSPS) is 17.1. The largest absolute Gasteiger partial charge is 0.401 e. The second kappa shape index (κ2) is 6.23. The highest BCUT2D eigenvalue weighted by Crippen LogP contribution is 2.25. The summed E-state index contributed by atoms with van der Waals surface area (Å²) in [6.45, 7) is 2.29. The molecule has 0 N–H and O–H groups in total. The predicted octanol–water partition coefficient (Wildman–Crippen LogP) is 3.23. The maximum atomic E-state index is 12.3. The molecule has 2 rings (SSSR count). The Balaban J connectivity index is 1.99. The molecular weight excluding hydrogens is 305 g/mol. The van der Waals surface area contributed by atoms with E-state index in [2.05, 4.69) is 0 Å². The molecule has 0 atom stereocenters. The Morgan fingerprint density at radius 1 is 1.24 bits per heavy atom. The maximum absolute atomic E-state index is 12.3. The number of hydrogen-bond acceptors (Lipinski definition) is 3. The van der Waals surface area contributed by atoms with Gasteiger partial charge in [0.15, 0.2) is 5.78 Å². The van der Waals surface area contributed by atoms with Gasteiger partial charge >= 0.3 is 6.18 Å². The third-order valence-electron chi connectivity index (χ3n) is 3.47. The van der Waals surface area contributed by atoms with Gasteiger partial charge in [-0.2, -0.15) is 13.2 Å². The zero-order valence-electron chi connectivity index (χ0n) is 11.6. The summed E-state index contributed by atoms with van der Waals surface area (Å²) in [6.07, 6.45) is -4.16. The van der Waals surface area contributed by atoms with Crippen LogP contribution in [0.4, 0.5) is 18.9 Å². The van der Waals surface area contributed by atoms with E-state index in [0.29, 0.717) is 36.8 Å². The van der Waals surface area contributed by atoms with E-state index < -0.39 is 12.7 Å². The van der Waals surface area contributed by atoms with Gasteiger partial charge in [-0.15, -0.1) is 0 Å². The first-order valence-electron chi connectivity index (χ1n) is 6.61. The molecule has 0 amide bonds. The molecule has 7 heteroatoms. The Bertz CT molecular complexity index is 525. The van der Waals surface area contributed by atoms with Crippen LogP contribution in [0, 0.1) is 0 Å². The Morgan fingerprint density at radius 2 is 1.86 bits per heavy atom. The molecule has 1 saturated heterocycles. The smallest absolute Gasteiger partial charge is 0.369 e. The summed E-state index contributed by atoms with van der Waals surface area (Å²) in [4.78, 5) is 14.7. The molecule has 116 valence electrons. The molecule has 1 aromatic rings. The molecular formula is C14H16ClF3N2O. The number of ketones is 1. The molecule has 1 aliphatic rings. The van der Waals surface area contributed by atoms with Crippen LogP contribution in [0.15, 0.2) is 18.2 Å². The zero-order valence-corrected chi connectivity index (χ0v) is 12.3. The van der Waals surface area contributed by atoms with Crippen LogP contribution in [0.5, 0.6) is 0 Å². The van der Waals surface area contributed by atoms with Gasteiger partial charge in [-0.25, -0.2) is 0 Å². The van der Waals surface area contributed by atoms with Crippen LogP contribution in [-0.4, -0.2) is 49.6 Å². The van der Waals surface area contributed by atoms with E-state index in [1.165, 1.54) is 11.8 Å². The summed E-state index contributed by atoms with van der Waals surface area (Å²) in [5.74, 6) is -0.110. The van der Waals surface area contributed by atoms with Gasteiger partial charge in [-0.05, 0) is 25.1 Å². The van der Waals surface area contributed by atoms with E-state index in [4.69, 9.17) is 11.6 Å². The summed E-state index contributed by atoms with van der Waals surface area (Å²) < 4.78 is 37.0. The first kappa shape index (κ1) is 16.1. The minimum Gasteiger partial charge on any atom is -0.369 e. The number of carbonyl (C=O) groups excluding carboxylic acids is 1. The monoisotopic (exact) mass is 320 g/mol. The average molecular weight is 321 g/mol. The van der Waals surface area contributed by atoms with Crippen molar-refractivity contribution in [3.63, 3.8) is 0 Å². The molecule has 0 bridgehead atoms. The van der Waals surface area contributed by atoms with Crippen molar-refractivity contribution in [2.45, 2.75) is 13.1 Å². The topological polar surface area (TPSA) is 23.6 Å². The Kier molecular flexibility index (Phi) is 4.78. The highest BCUT2D eigenvalue weighted by atomic mass is 35.5. The predicted molar refractivity (Wildman–Crippen MR) is 76.2 cm³/mol. The number of carbonyl (C=O) groups is 1. The number of halogens is 4. The van der Waals surface area contributed by atoms with E-state index in [0.717, 1.165) is 5.69 Å². The van der Waals surface area contributed by atoms with Gasteiger partial charge in [0.1, 0.15) is 0 Å². The minimum atomic E-state index is -4.16. The number of benzene rings is 1. The second-order valence-corrected chi connectivity index (χ2v) is 5.51. The van der Waals surface area contributed by atoms with Crippen molar-refractivity contribution in [1.82, 2.24) is 4.90 Å². The molecule has 0 aromatic heterocycles. The molecule has 1 aliphatic heterocycles. The Labute approximate surface area is 126 Å². The molecule has 0 saturated carbocycles. The molecule has 0 aliphatic carbocycles. The number of anilines is 1. The van der Waals surface area contributed by atoms with Gasteiger partial charge in [0.25, 0.3) is 0 Å². The maximum Gasteiger partial charge on any atom is 0.401 e. The van der Waals surface area contributed by atoms with Crippen molar-refractivity contribution in [3.05, 3.63) is 28.8 Å². The van der Waals surface area contributed by atoms with Crippen LogP contribution in [-0.2, 0) is 0 Å². The van der Waals surface area contributed by atoms with Crippen LogP contribution >= 0.6 is 11.6 Å². The molecule has 0 unspecified atom stereocenters. The number of nitrogens with zero attached hydrogens (tertiary/aromatic N) is 2. The number of alkyl halides is 3. The first-order chi connectivity index (χ1) is 9.76. The number of hydrogen-bond donors (Lipinski definition) is 0. The standard InChI is InChI=1S/C14H16ClF3N2O/c1-10(21)12-3-2-11(8-13(12)15)20-6-4-19(5-7-20)9-14(16,17)18/h2-3,8H,4-7,9H2,1H3. The van der Waals surface area contributed by atoms with E-state index in [1.807, 2.05) is 4.90 Å². The van der Waals surface area contributed by atoms with E-state index in [1.54, 1.807) is 18.2 Å². The van der Waals surface area contributed by atoms with E-state index in [-0.39, 0.29) is 5.78 Å². The molecule has 1 fully saturated rings. The summed E-state index contributed by atoms with van der Waals surface area (Å²) in [6, 6.07) is 5.13. The molecule has 0 spiro atoms. The summed E-state index contributed by atoms with van der Waals surface area (Å²) in [7, 11) is 0. The van der Waals surface area contributed by atoms with Gasteiger partial charge in [0.2, 0.25) is 0 Å². The summed E-state index contributed by atoms with van der Waals surface area (Å²) in [5.41, 5.74) is 1.28. The fourth-order valence-corrected chi connectivity index (χ4v) is 2.71. The third-order valence-corrected chi connectivity index (χ3v) is 3.79. The van der Waals surface area contributed by atoms with Gasteiger partial charge in [0, 0.05) is 37.4 Å². The lowest BCUT2D eigenvalue weighted by molar-refractivity contribution is -0.146. The van der Waals surface area contributed by atoms with Crippen LogP contribution in [0.3, 0.4) is 0 Å². The van der Waals surface area contributed by atoms with Gasteiger partial charge in [0.05, 0.1) is 11.6 Å². The number of rotatable bonds is 3. The number of piperazine rings is 1. The number of Topliss-reactive ketones (excluding diaryl/α,β-unsaturated/α-hetero) is 1. The van der Waals surface area contributed by atoms with Gasteiger partial charge in [-0.3, -0.25) is 9.69 Å². The first-order valence-corrected chi connectivity index (χ1v) is 6.98. The van der Waals surface area contributed by atoms with Crippen molar-refractivity contribution in [1.29, 1.82) is 0 Å². The quantitative estimate of drug-likeness (QED) is 0.799. The summed E-state index contributed by atoms with van der Waals surface area (Å²) >= 11 is 6.05. The molecule has 3 nitrogen and oxygen atoms in total.